The number of ether oxygens (including phenoxy) is 1. The summed E-state index contributed by atoms with van der Waals surface area (Å²) in [7, 11) is 3.06. The summed E-state index contributed by atoms with van der Waals surface area (Å²) in [5, 5.41) is 7.12. The monoisotopic (exact) mass is 281 g/mol. The summed E-state index contributed by atoms with van der Waals surface area (Å²) in [5.41, 5.74) is 1.21. The van der Waals surface area contributed by atoms with Gasteiger partial charge < -0.3 is 10.1 Å². The van der Waals surface area contributed by atoms with Crippen molar-refractivity contribution < 1.29 is 14.3 Å². The van der Waals surface area contributed by atoms with Gasteiger partial charge in [0.1, 0.15) is 5.69 Å². The highest BCUT2D eigenvalue weighted by Crippen LogP contribution is 2.21. The van der Waals surface area contributed by atoms with E-state index in [1.807, 2.05) is 20.8 Å². The van der Waals surface area contributed by atoms with Crippen LogP contribution in [0.4, 0.5) is 0 Å². The Hall–Kier alpha value is -1.85. The summed E-state index contributed by atoms with van der Waals surface area (Å²) in [6, 6.07) is 1.49. The van der Waals surface area contributed by atoms with E-state index in [2.05, 4.69) is 15.2 Å². The van der Waals surface area contributed by atoms with Gasteiger partial charge in [0.15, 0.2) is 0 Å². The zero-order valence-corrected chi connectivity index (χ0v) is 13.0. The first-order chi connectivity index (χ1) is 9.15. The molecule has 0 radical (unpaired) electrons. The van der Waals surface area contributed by atoms with Crippen molar-refractivity contribution in [1.29, 1.82) is 0 Å². The molecule has 0 bridgehead atoms. The van der Waals surface area contributed by atoms with Gasteiger partial charge in [0.25, 0.3) is 5.91 Å². The van der Waals surface area contributed by atoms with Crippen LogP contribution >= 0.6 is 0 Å². The number of aryl methyl sites for hydroxylation is 1. The molecule has 1 rings (SSSR count). The topological polar surface area (TPSA) is 73.2 Å². The number of esters is 1. The van der Waals surface area contributed by atoms with Gasteiger partial charge in [0, 0.05) is 18.5 Å². The molecule has 6 nitrogen and oxygen atoms in total. The van der Waals surface area contributed by atoms with Crippen molar-refractivity contribution in [2.24, 2.45) is 7.05 Å². The van der Waals surface area contributed by atoms with Crippen molar-refractivity contribution in [3.63, 3.8) is 0 Å². The van der Waals surface area contributed by atoms with Gasteiger partial charge in [0.2, 0.25) is 0 Å². The maximum Gasteiger partial charge on any atom is 0.307 e. The number of hydrogen-bond acceptors (Lipinski definition) is 4. The van der Waals surface area contributed by atoms with Gasteiger partial charge in [-0.3, -0.25) is 14.3 Å². The van der Waals surface area contributed by atoms with Gasteiger partial charge in [-0.1, -0.05) is 20.8 Å². The van der Waals surface area contributed by atoms with Crippen molar-refractivity contribution in [3.8, 4) is 0 Å². The van der Waals surface area contributed by atoms with E-state index in [-0.39, 0.29) is 29.8 Å². The third-order valence-electron chi connectivity index (χ3n) is 2.96. The minimum atomic E-state index is -0.349. The van der Waals surface area contributed by atoms with E-state index in [4.69, 9.17) is 0 Å². The fraction of sp³-hybridized carbons (Fsp3) is 0.643. The van der Waals surface area contributed by atoms with Crippen molar-refractivity contribution in [2.45, 2.75) is 45.6 Å². The molecule has 0 aliphatic heterocycles. The molecule has 0 fully saturated rings. The lowest BCUT2D eigenvalue weighted by Crippen LogP contribution is -2.35. The fourth-order valence-corrected chi connectivity index (χ4v) is 1.73. The Morgan fingerprint density at radius 3 is 2.50 bits per heavy atom. The third kappa shape index (κ3) is 4.08. The molecule has 0 aliphatic carbocycles. The van der Waals surface area contributed by atoms with E-state index in [1.54, 1.807) is 24.7 Å². The summed E-state index contributed by atoms with van der Waals surface area (Å²) < 4.78 is 6.13. The smallest absolute Gasteiger partial charge is 0.307 e. The average molecular weight is 281 g/mol. The molecule has 0 saturated carbocycles. The molecule has 0 unspecified atom stereocenters. The van der Waals surface area contributed by atoms with Crippen LogP contribution in [0, 0.1) is 0 Å². The molecule has 1 aromatic rings. The van der Waals surface area contributed by atoms with Crippen LogP contribution in [-0.2, 0) is 22.0 Å². The van der Waals surface area contributed by atoms with Crippen molar-refractivity contribution >= 4 is 11.9 Å². The van der Waals surface area contributed by atoms with Crippen molar-refractivity contribution in [1.82, 2.24) is 15.1 Å². The first kappa shape index (κ1) is 16.2. The Bertz CT molecular complexity index is 500. The lowest BCUT2D eigenvalue weighted by atomic mass is 9.92. The van der Waals surface area contributed by atoms with Crippen molar-refractivity contribution in [2.75, 3.05) is 7.11 Å². The molecule has 20 heavy (non-hydrogen) atoms. The van der Waals surface area contributed by atoms with Crippen LogP contribution in [0.3, 0.4) is 0 Å². The molecule has 112 valence electrons. The lowest BCUT2D eigenvalue weighted by molar-refractivity contribution is -0.141. The summed E-state index contributed by atoms with van der Waals surface area (Å²) in [6.07, 6.45) is 0.145. The number of hydrogen-bond donors (Lipinski definition) is 1. The Labute approximate surface area is 119 Å². The van der Waals surface area contributed by atoms with Crippen LogP contribution in [-0.4, -0.2) is 34.8 Å². The van der Waals surface area contributed by atoms with Gasteiger partial charge in [-0.25, -0.2) is 0 Å². The zero-order valence-electron chi connectivity index (χ0n) is 13.0. The third-order valence-corrected chi connectivity index (χ3v) is 2.96. The number of nitrogens with one attached hydrogen (secondary N) is 1. The standard InChI is InChI=1S/C14H23N3O3/c1-9(7-12(18)20-6)15-13(19)10-8-11(14(2,3)4)16-17(10)5/h8-9H,7H2,1-6H3,(H,15,19)/t9-/m0/s1. The van der Waals surface area contributed by atoms with Gasteiger partial charge in [-0.05, 0) is 13.0 Å². The van der Waals surface area contributed by atoms with Crippen molar-refractivity contribution in [3.05, 3.63) is 17.5 Å². The van der Waals surface area contributed by atoms with E-state index in [0.29, 0.717) is 5.69 Å². The minimum Gasteiger partial charge on any atom is -0.469 e. The van der Waals surface area contributed by atoms with E-state index >= 15 is 0 Å². The quantitative estimate of drug-likeness (QED) is 0.847. The van der Waals surface area contributed by atoms with Crippen LogP contribution in [0.2, 0.25) is 0 Å². The first-order valence-electron chi connectivity index (χ1n) is 6.57. The number of rotatable bonds is 4. The largest absolute Gasteiger partial charge is 0.469 e. The summed E-state index contributed by atoms with van der Waals surface area (Å²) in [5.74, 6) is -0.593. The zero-order chi connectivity index (χ0) is 15.5. The van der Waals surface area contributed by atoms with E-state index in [0.717, 1.165) is 5.69 Å². The molecule has 0 aliphatic rings. The summed E-state index contributed by atoms with van der Waals surface area (Å²) in [6.45, 7) is 7.88. The highest BCUT2D eigenvalue weighted by Gasteiger charge is 2.22. The summed E-state index contributed by atoms with van der Waals surface area (Å²) in [4.78, 5) is 23.3. The van der Waals surface area contributed by atoms with Crippen LogP contribution in [0.1, 0.15) is 50.3 Å². The van der Waals surface area contributed by atoms with Crippen LogP contribution in [0.25, 0.3) is 0 Å². The highest BCUT2D eigenvalue weighted by molar-refractivity contribution is 5.93. The molecular formula is C14H23N3O3. The van der Waals surface area contributed by atoms with Gasteiger partial charge in [-0.2, -0.15) is 5.10 Å². The lowest BCUT2D eigenvalue weighted by Gasteiger charge is -2.13. The molecule has 1 atom stereocenters. The van der Waals surface area contributed by atoms with E-state index in [9.17, 15) is 9.59 Å². The Morgan fingerprint density at radius 2 is 2.05 bits per heavy atom. The van der Waals surface area contributed by atoms with Gasteiger partial charge in [-0.15, -0.1) is 0 Å². The number of methoxy groups -OCH3 is 1. The predicted octanol–water partition coefficient (Wildman–Crippen LogP) is 1.40. The summed E-state index contributed by atoms with van der Waals surface area (Å²) >= 11 is 0. The van der Waals surface area contributed by atoms with Gasteiger partial charge in [0.05, 0.1) is 19.2 Å². The molecule has 0 aromatic carbocycles. The molecule has 1 heterocycles. The molecule has 1 N–H and O–H groups in total. The maximum atomic E-state index is 12.2. The highest BCUT2D eigenvalue weighted by atomic mass is 16.5. The number of nitrogens with zero attached hydrogens (tertiary/aromatic N) is 2. The van der Waals surface area contributed by atoms with E-state index < -0.39 is 0 Å². The number of amides is 1. The number of carbonyl (C=O) groups is 2. The molecule has 1 amide bonds. The Kier molecular flexibility index (Phi) is 4.92. The Balaban J connectivity index is 2.78. The fourth-order valence-electron chi connectivity index (χ4n) is 1.73. The second-order valence-corrected chi connectivity index (χ2v) is 5.94. The van der Waals surface area contributed by atoms with E-state index in [1.165, 1.54) is 7.11 Å². The molecule has 6 heteroatoms. The predicted molar refractivity (Wildman–Crippen MR) is 75.5 cm³/mol. The number of carbonyl (C=O) groups excluding carboxylic acids is 2. The SMILES string of the molecule is COC(=O)C[C@H](C)NC(=O)c1cc(C(C)(C)C)nn1C. The molecular weight excluding hydrogens is 258 g/mol. The molecule has 0 saturated heterocycles. The Morgan fingerprint density at radius 1 is 1.45 bits per heavy atom. The van der Waals surface area contributed by atoms with Gasteiger partial charge >= 0.3 is 5.97 Å². The normalized spacial score (nSPS) is 12.9. The minimum absolute atomic E-state index is 0.117. The first-order valence-corrected chi connectivity index (χ1v) is 6.57. The average Bonchev–Trinajstić information content (AvgIpc) is 2.70. The van der Waals surface area contributed by atoms with Crippen LogP contribution < -0.4 is 5.32 Å². The maximum absolute atomic E-state index is 12.2. The second-order valence-electron chi connectivity index (χ2n) is 5.94. The molecule has 1 aromatic heterocycles. The second kappa shape index (κ2) is 6.07. The number of aromatic nitrogens is 2. The van der Waals surface area contributed by atoms with Crippen LogP contribution in [0.5, 0.6) is 0 Å². The van der Waals surface area contributed by atoms with Crippen LogP contribution in [0.15, 0.2) is 6.07 Å². The molecule has 0 spiro atoms.